The molecule has 0 aromatic heterocycles. The summed E-state index contributed by atoms with van der Waals surface area (Å²) in [6.07, 6.45) is 4.12. The van der Waals surface area contributed by atoms with Crippen LogP contribution >= 0.6 is 11.6 Å². The summed E-state index contributed by atoms with van der Waals surface area (Å²) in [5, 5.41) is 13.4. The van der Waals surface area contributed by atoms with Crippen LogP contribution in [0, 0.1) is 29.5 Å². The summed E-state index contributed by atoms with van der Waals surface area (Å²) in [5.41, 5.74) is 4.48. The van der Waals surface area contributed by atoms with E-state index in [1.807, 2.05) is 6.08 Å². The molecule has 4 amide bonds. The first-order valence-corrected chi connectivity index (χ1v) is 18.1. The lowest BCUT2D eigenvalue weighted by atomic mass is 9.49. The highest BCUT2D eigenvalue weighted by atomic mass is 35.5. The van der Waals surface area contributed by atoms with E-state index in [1.165, 1.54) is 31.2 Å². The number of hydrogen-bond donors (Lipinski definition) is 2. The number of nitrogens with zero attached hydrogens (tertiary/aromatic N) is 2. The second kappa shape index (κ2) is 13.2. The van der Waals surface area contributed by atoms with Crippen LogP contribution in [-0.4, -0.2) is 39.5 Å². The Kier molecular flexibility index (Phi) is 8.61. The van der Waals surface area contributed by atoms with Crippen LogP contribution in [0.4, 0.5) is 15.8 Å². The molecule has 3 fully saturated rings. The molecular weight excluding hydrogens is 709 g/mol. The zero-order chi connectivity index (χ0) is 38.1. The quantitative estimate of drug-likeness (QED) is 0.110. The number of phenolic OH excluding ortho intramolecular Hbond substituents is 1. The molecule has 0 radical (unpaired) electrons. The van der Waals surface area contributed by atoms with Crippen LogP contribution in [0.25, 0.3) is 0 Å². The van der Waals surface area contributed by atoms with Crippen LogP contribution < -0.4 is 10.3 Å². The minimum Gasteiger partial charge on any atom is -0.507 e. The molecule has 4 aliphatic rings. The number of amides is 4. The fourth-order valence-electron chi connectivity index (χ4n) is 9.26. The van der Waals surface area contributed by atoms with Crippen molar-refractivity contribution in [1.29, 1.82) is 0 Å². The number of Topliss-reactive ketones (excluding diaryl/α,β-unsaturated/α-hetero) is 1. The average molecular weight is 744 g/mol. The van der Waals surface area contributed by atoms with Gasteiger partial charge in [-0.05, 0) is 104 Å². The number of allylic oxidation sites excluding steroid dienone is 3. The van der Waals surface area contributed by atoms with E-state index in [1.54, 1.807) is 72.8 Å². The van der Waals surface area contributed by atoms with E-state index in [0.29, 0.717) is 50.6 Å². The van der Waals surface area contributed by atoms with Crippen molar-refractivity contribution in [2.75, 3.05) is 10.3 Å². The lowest BCUT2D eigenvalue weighted by Gasteiger charge is -2.50. The lowest BCUT2D eigenvalue weighted by Crippen LogP contribution is -2.53. The summed E-state index contributed by atoms with van der Waals surface area (Å²) in [5.74, 6) is -6.98. The first-order valence-electron chi connectivity index (χ1n) is 17.7. The van der Waals surface area contributed by atoms with Gasteiger partial charge in [-0.2, -0.15) is 5.01 Å². The predicted octanol–water partition coefficient (Wildman–Crippen LogP) is 7.31. The molecule has 2 aliphatic carbocycles. The fourth-order valence-corrected chi connectivity index (χ4v) is 9.39. The van der Waals surface area contributed by atoms with Crippen molar-refractivity contribution < 1.29 is 33.5 Å². The van der Waals surface area contributed by atoms with E-state index in [-0.39, 0.29) is 30.3 Å². The van der Waals surface area contributed by atoms with Crippen LogP contribution in [0.1, 0.15) is 52.7 Å². The molecule has 272 valence electrons. The van der Waals surface area contributed by atoms with Gasteiger partial charge >= 0.3 is 0 Å². The largest absolute Gasteiger partial charge is 0.507 e. The summed E-state index contributed by atoms with van der Waals surface area (Å²) in [6, 6.07) is 23.6. The number of phenols is 1. The summed E-state index contributed by atoms with van der Waals surface area (Å²) >= 11 is 6.37. The Morgan fingerprint density at radius 1 is 0.944 bits per heavy atom. The minimum absolute atomic E-state index is 0.0432. The first kappa shape index (κ1) is 35.2. The number of imide groups is 2. The van der Waals surface area contributed by atoms with Crippen LogP contribution in [0.15, 0.2) is 115 Å². The molecule has 11 heteroatoms. The van der Waals surface area contributed by atoms with Gasteiger partial charge in [0.25, 0.3) is 11.8 Å². The van der Waals surface area contributed by atoms with Crippen LogP contribution in [0.5, 0.6) is 5.75 Å². The van der Waals surface area contributed by atoms with E-state index in [4.69, 9.17) is 11.6 Å². The highest BCUT2D eigenvalue weighted by Gasteiger charge is 2.70. The normalized spacial score (nSPS) is 25.9. The molecule has 0 spiro atoms. The molecule has 9 nitrogen and oxygen atoms in total. The van der Waals surface area contributed by atoms with Gasteiger partial charge in [0.15, 0.2) is 5.78 Å². The number of nitrogens with one attached hydrogen (secondary N) is 1. The number of halogens is 2. The zero-order valence-corrected chi connectivity index (χ0v) is 29.9. The Bertz CT molecular complexity index is 2290. The average Bonchev–Trinajstić information content (AvgIpc) is 3.54. The second-order valence-electron chi connectivity index (χ2n) is 14.3. The third kappa shape index (κ3) is 5.22. The molecule has 1 saturated carbocycles. The Labute approximate surface area is 315 Å². The Morgan fingerprint density at radius 3 is 2.31 bits per heavy atom. The number of carbonyl (C=O) groups is 5. The zero-order valence-electron chi connectivity index (χ0n) is 29.2. The molecule has 6 atom stereocenters. The van der Waals surface area contributed by atoms with Crippen molar-refractivity contribution in [3.05, 3.63) is 148 Å². The highest BCUT2D eigenvalue weighted by molar-refractivity contribution is 6.30. The molecule has 2 aliphatic heterocycles. The Hall–Kier alpha value is -5.87. The van der Waals surface area contributed by atoms with E-state index >= 15 is 4.79 Å². The highest BCUT2D eigenvalue weighted by Crippen LogP contribution is 2.65. The third-order valence-corrected chi connectivity index (χ3v) is 11.9. The summed E-state index contributed by atoms with van der Waals surface area (Å²) in [7, 11) is 0. The van der Waals surface area contributed by atoms with Crippen molar-refractivity contribution in [1.82, 2.24) is 5.01 Å². The molecule has 0 bridgehead atoms. The predicted molar refractivity (Wildman–Crippen MR) is 200 cm³/mol. The number of ketones is 1. The molecule has 6 unspecified atom stereocenters. The number of fused-ring (bicyclic) bond motifs is 4. The summed E-state index contributed by atoms with van der Waals surface area (Å²) < 4.78 is 13.9. The third-order valence-electron chi connectivity index (χ3n) is 11.6. The van der Waals surface area contributed by atoms with Gasteiger partial charge in [-0.15, -0.1) is 6.58 Å². The van der Waals surface area contributed by atoms with E-state index in [9.17, 15) is 28.7 Å². The van der Waals surface area contributed by atoms with Gasteiger partial charge in [0.1, 0.15) is 11.6 Å². The molecule has 2 N–H and O–H groups in total. The molecular formula is C43H35ClFN3O6. The monoisotopic (exact) mass is 743 g/mol. The number of anilines is 2. The van der Waals surface area contributed by atoms with Crippen molar-refractivity contribution in [3.63, 3.8) is 0 Å². The number of carbonyl (C=O) groups excluding carboxylic acids is 5. The second-order valence-corrected chi connectivity index (χ2v) is 14.8. The maximum atomic E-state index is 15.3. The number of hydrogen-bond acceptors (Lipinski definition) is 7. The maximum Gasteiger partial charge on any atom is 0.260 e. The maximum absolute atomic E-state index is 15.3. The number of para-hydroxylation sites is 1. The van der Waals surface area contributed by atoms with E-state index in [2.05, 4.69) is 12.0 Å². The Morgan fingerprint density at radius 2 is 1.65 bits per heavy atom. The van der Waals surface area contributed by atoms with Gasteiger partial charge in [-0.1, -0.05) is 59.7 Å². The fraction of sp³-hybridized carbons (Fsp3) is 0.233. The Balaban J connectivity index is 1.32. The molecule has 8 rings (SSSR count). The van der Waals surface area contributed by atoms with Crippen molar-refractivity contribution in [3.8, 4) is 5.75 Å². The topological polar surface area (TPSA) is 124 Å². The van der Waals surface area contributed by atoms with Gasteiger partial charge in [-0.25, -0.2) is 4.39 Å². The number of aromatic hydroxyl groups is 1. The van der Waals surface area contributed by atoms with Gasteiger partial charge in [0.2, 0.25) is 11.8 Å². The molecule has 4 aromatic rings. The molecule has 2 saturated heterocycles. The summed E-state index contributed by atoms with van der Waals surface area (Å²) in [4.78, 5) is 71.9. The van der Waals surface area contributed by atoms with Gasteiger partial charge in [0.05, 0.1) is 34.5 Å². The minimum atomic E-state index is -1.64. The van der Waals surface area contributed by atoms with Gasteiger partial charge in [0, 0.05) is 22.1 Å². The summed E-state index contributed by atoms with van der Waals surface area (Å²) in [6.45, 7) is 5.27. The van der Waals surface area contributed by atoms with Crippen LogP contribution in [0.3, 0.4) is 0 Å². The standard InChI is InChI=1S/C43H35ClFN3O6/c1-3-5-25-6-4-7-33(38(25)50)37-31-20-21-32-36(41(53)47(39(32)51)30-18-8-24(9-19-30)23(2)49)34(31)22-35-40(52)48(46-29-16-14-28(45)15-17-29)42(54)43(35,37)26-10-12-27(44)13-11-26/h3-4,6-20,32,34-37,46,50H,1,5,21-22H2,2H3. The number of benzene rings is 4. The van der Waals surface area contributed by atoms with Crippen LogP contribution in [-0.2, 0) is 31.0 Å². The lowest BCUT2D eigenvalue weighted by molar-refractivity contribution is -0.138. The van der Waals surface area contributed by atoms with Crippen LogP contribution in [0.2, 0.25) is 5.02 Å². The molecule has 2 heterocycles. The number of hydrazine groups is 1. The molecule has 4 aromatic carbocycles. The van der Waals surface area contributed by atoms with Crippen molar-refractivity contribution >= 4 is 52.4 Å². The number of rotatable bonds is 8. The van der Waals surface area contributed by atoms with Crippen molar-refractivity contribution in [2.24, 2.45) is 23.7 Å². The molecule has 54 heavy (non-hydrogen) atoms. The first-order chi connectivity index (χ1) is 26.0. The smallest absolute Gasteiger partial charge is 0.260 e. The van der Waals surface area contributed by atoms with E-state index < -0.39 is 58.5 Å². The van der Waals surface area contributed by atoms with Crippen molar-refractivity contribution in [2.45, 2.75) is 37.5 Å². The SMILES string of the molecule is C=CCc1cccc(C2C3=CCC4C(=O)N(c5ccc(C(C)=O)cc5)C(=O)C4C3CC3C(=O)N(Nc4ccc(F)cc4)C(=O)C32c2ccc(Cl)cc2)c1O. The van der Waals surface area contributed by atoms with Gasteiger partial charge in [-0.3, -0.25) is 34.3 Å². The van der Waals surface area contributed by atoms with E-state index in [0.717, 1.165) is 9.91 Å². The van der Waals surface area contributed by atoms with Gasteiger partial charge < -0.3 is 5.11 Å².